The van der Waals surface area contributed by atoms with Crippen molar-refractivity contribution in [2.45, 2.75) is 6.42 Å². The zero-order valence-corrected chi connectivity index (χ0v) is 12.6. The summed E-state index contributed by atoms with van der Waals surface area (Å²) in [5.41, 5.74) is 4.08. The molecule has 0 aliphatic heterocycles. The van der Waals surface area contributed by atoms with E-state index >= 15 is 0 Å². The maximum absolute atomic E-state index is 2.26. The standard InChI is InChI=1S/C16H13S2.ClH/c1-3-7-13(8-4-1)11-16-15(12-17-18-16)14-9-5-2-6-10-14;/h1-10,12H,11H2;1H/q+1;/p-1. The summed E-state index contributed by atoms with van der Waals surface area (Å²) in [5, 5.41) is 2.26. The van der Waals surface area contributed by atoms with E-state index in [1.54, 1.807) is 0 Å². The van der Waals surface area contributed by atoms with Crippen molar-refractivity contribution < 1.29 is 12.4 Å². The molecule has 0 N–H and O–H groups in total. The molecule has 0 aliphatic carbocycles. The molecule has 3 rings (SSSR count). The van der Waals surface area contributed by atoms with Crippen molar-refractivity contribution in [2.75, 3.05) is 0 Å². The first kappa shape index (κ1) is 14.2. The highest BCUT2D eigenvalue weighted by atomic mass is 35.5. The van der Waals surface area contributed by atoms with Crippen LogP contribution in [0.3, 0.4) is 0 Å². The van der Waals surface area contributed by atoms with Gasteiger partial charge in [0.15, 0.2) is 10.3 Å². The molecule has 19 heavy (non-hydrogen) atoms. The summed E-state index contributed by atoms with van der Waals surface area (Å²) in [7, 11) is 3.70. The average molecular weight is 305 g/mol. The van der Waals surface area contributed by atoms with Crippen molar-refractivity contribution in [1.82, 2.24) is 0 Å². The van der Waals surface area contributed by atoms with Gasteiger partial charge >= 0.3 is 0 Å². The molecule has 3 heteroatoms. The molecule has 0 saturated heterocycles. The van der Waals surface area contributed by atoms with Crippen LogP contribution in [0.1, 0.15) is 10.4 Å². The van der Waals surface area contributed by atoms with Gasteiger partial charge in [0.25, 0.3) is 10.3 Å². The van der Waals surface area contributed by atoms with Crippen molar-refractivity contribution in [3.05, 3.63) is 76.5 Å². The second-order valence-electron chi connectivity index (χ2n) is 4.16. The normalized spacial score (nSPS) is 9.89. The molecule has 0 unspecified atom stereocenters. The van der Waals surface area contributed by atoms with E-state index in [1.807, 2.05) is 20.7 Å². The SMILES string of the molecule is [Cl-].c1ccc(Cc2s[s+]cc2-c2ccccc2)cc1. The van der Waals surface area contributed by atoms with Crippen LogP contribution < -0.4 is 12.4 Å². The molecule has 1 heterocycles. The van der Waals surface area contributed by atoms with Gasteiger partial charge in [0, 0.05) is 6.42 Å². The van der Waals surface area contributed by atoms with E-state index in [4.69, 9.17) is 0 Å². The van der Waals surface area contributed by atoms with Gasteiger partial charge in [0.1, 0.15) is 0 Å². The Kier molecular flexibility index (Phi) is 5.08. The predicted octanol–water partition coefficient (Wildman–Crippen LogP) is 2.35. The summed E-state index contributed by atoms with van der Waals surface area (Å²) in [6.45, 7) is 0. The van der Waals surface area contributed by atoms with E-state index in [0.29, 0.717) is 0 Å². The summed E-state index contributed by atoms with van der Waals surface area (Å²) >= 11 is 0. The second-order valence-corrected chi connectivity index (χ2v) is 6.33. The maximum atomic E-state index is 2.26. The van der Waals surface area contributed by atoms with Crippen LogP contribution in [0.25, 0.3) is 11.1 Å². The van der Waals surface area contributed by atoms with Crippen molar-refractivity contribution in [3.8, 4) is 11.1 Å². The van der Waals surface area contributed by atoms with Gasteiger partial charge in [-0.25, -0.2) is 0 Å². The Morgan fingerprint density at radius 3 is 2.16 bits per heavy atom. The zero-order chi connectivity index (χ0) is 12.2. The molecule has 0 spiro atoms. The summed E-state index contributed by atoms with van der Waals surface area (Å²) in [5.74, 6) is 0. The van der Waals surface area contributed by atoms with Gasteiger partial charge in [-0.3, -0.25) is 0 Å². The minimum atomic E-state index is 0. The molecule has 96 valence electrons. The minimum Gasteiger partial charge on any atom is -1.00 e. The van der Waals surface area contributed by atoms with Crippen LogP contribution in [-0.2, 0) is 6.42 Å². The topological polar surface area (TPSA) is 0 Å². The van der Waals surface area contributed by atoms with Gasteiger partial charge < -0.3 is 12.4 Å². The van der Waals surface area contributed by atoms with E-state index in [2.05, 4.69) is 66.0 Å². The minimum absolute atomic E-state index is 0. The van der Waals surface area contributed by atoms with Gasteiger partial charge in [-0.1, -0.05) is 60.7 Å². The van der Waals surface area contributed by atoms with Crippen LogP contribution in [0.2, 0.25) is 0 Å². The van der Waals surface area contributed by atoms with Crippen molar-refractivity contribution >= 4 is 20.7 Å². The lowest BCUT2D eigenvalue weighted by Crippen LogP contribution is -3.00. The van der Waals surface area contributed by atoms with E-state index < -0.39 is 0 Å². The van der Waals surface area contributed by atoms with Crippen LogP contribution in [0, 0.1) is 0 Å². The molecular formula is C16H13ClS2. The summed E-state index contributed by atoms with van der Waals surface area (Å²) in [6, 6.07) is 21.3. The van der Waals surface area contributed by atoms with E-state index in [1.165, 1.54) is 21.6 Å². The highest BCUT2D eigenvalue weighted by Gasteiger charge is 2.15. The Labute approximate surface area is 127 Å². The average Bonchev–Trinajstić information content (AvgIpc) is 2.89. The Bertz CT molecular complexity index is 618. The lowest BCUT2D eigenvalue weighted by Gasteiger charge is -2.00. The fraction of sp³-hybridized carbons (Fsp3) is 0.0625. The van der Waals surface area contributed by atoms with Crippen molar-refractivity contribution in [2.24, 2.45) is 0 Å². The molecule has 0 nitrogen and oxygen atoms in total. The first-order valence-corrected chi connectivity index (χ1v) is 8.14. The van der Waals surface area contributed by atoms with E-state index in [9.17, 15) is 0 Å². The highest BCUT2D eigenvalue weighted by molar-refractivity contribution is 7.69. The fourth-order valence-corrected chi connectivity index (χ4v) is 4.33. The monoisotopic (exact) mass is 304 g/mol. The van der Waals surface area contributed by atoms with Crippen LogP contribution >= 0.6 is 20.7 Å². The second kappa shape index (κ2) is 6.80. The largest absolute Gasteiger partial charge is 1.00 e. The molecule has 0 saturated carbocycles. The van der Waals surface area contributed by atoms with Gasteiger partial charge in [0.2, 0.25) is 5.38 Å². The molecule has 0 radical (unpaired) electrons. The van der Waals surface area contributed by atoms with Crippen molar-refractivity contribution in [3.63, 3.8) is 0 Å². The Morgan fingerprint density at radius 2 is 1.47 bits per heavy atom. The first-order chi connectivity index (χ1) is 8.93. The number of hydrogen-bond acceptors (Lipinski definition) is 1. The van der Waals surface area contributed by atoms with Gasteiger partial charge in [0.05, 0.1) is 10.4 Å². The highest BCUT2D eigenvalue weighted by Crippen LogP contribution is 2.33. The summed E-state index contributed by atoms with van der Waals surface area (Å²) in [6.07, 6.45) is 1.03. The Morgan fingerprint density at radius 1 is 0.842 bits per heavy atom. The molecule has 1 aromatic heterocycles. The summed E-state index contributed by atoms with van der Waals surface area (Å²) < 4.78 is 0. The third-order valence-corrected chi connectivity index (χ3v) is 5.08. The lowest BCUT2D eigenvalue weighted by atomic mass is 10.0. The van der Waals surface area contributed by atoms with Crippen LogP contribution in [0.15, 0.2) is 66.0 Å². The molecule has 3 aromatic rings. The first-order valence-electron chi connectivity index (χ1n) is 5.92. The molecule has 0 bridgehead atoms. The van der Waals surface area contributed by atoms with Crippen LogP contribution in [0.4, 0.5) is 0 Å². The molecule has 0 atom stereocenters. The lowest BCUT2D eigenvalue weighted by molar-refractivity contribution is -0.00000335. The predicted molar refractivity (Wildman–Crippen MR) is 81.3 cm³/mol. The van der Waals surface area contributed by atoms with E-state index in [0.717, 1.165) is 6.42 Å². The molecule has 2 aromatic carbocycles. The number of benzene rings is 2. The number of hydrogen-bond donors (Lipinski definition) is 0. The third-order valence-electron chi connectivity index (χ3n) is 2.91. The number of rotatable bonds is 3. The number of halogens is 1. The Balaban J connectivity index is 0.00000133. The Hall–Kier alpha value is -1.22. The fourth-order valence-electron chi connectivity index (χ4n) is 1.99. The van der Waals surface area contributed by atoms with Gasteiger partial charge in [-0.2, -0.15) is 0 Å². The van der Waals surface area contributed by atoms with E-state index in [-0.39, 0.29) is 12.4 Å². The molecular weight excluding hydrogens is 292 g/mol. The molecule has 0 aliphatic rings. The van der Waals surface area contributed by atoms with Crippen molar-refractivity contribution in [1.29, 1.82) is 0 Å². The smallest absolute Gasteiger partial charge is 0.292 e. The van der Waals surface area contributed by atoms with Crippen LogP contribution in [-0.4, -0.2) is 0 Å². The van der Waals surface area contributed by atoms with Gasteiger partial charge in [-0.15, -0.1) is 0 Å². The quantitative estimate of drug-likeness (QED) is 0.515. The molecule has 0 fully saturated rings. The maximum Gasteiger partial charge on any atom is 0.292 e. The molecule has 0 amide bonds. The third kappa shape index (κ3) is 3.41. The van der Waals surface area contributed by atoms with Crippen LogP contribution in [0.5, 0.6) is 0 Å². The van der Waals surface area contributed by atoms with Gasteiger partial charge in [-0.05, 0) is 11.1 Å². The summed E-state index contributed by atoms with van der Waals surface area (Å²) in [4.78, 5) is 1.46. The zero-order valence-electron chi connectivity index (χ0n) is 10.3.